The molecule has 0 saturated carbocycles. The first kappa shape index (κ1) is 16.7. The van der Waals surface area contributed by atoms with Gasteiger partial charge in [0.25, 0.3) is 0 Å². The summed E-state index contributed by atoms with van der Waals surface area (Å²) in [7, 11) is 0. The molecule has 0 unspecified atom stereocenters. The number of benzene rings is 1. The summed E-state index contributed by atoms with van der Waals surface area (Å²) < 4.78 is 5.35. The minimum Gasteiger partial charge on any atom is -0.427 e. The molecule has 2 heteroatoms. The zero-order valence-corrected chi connectivity index (χ0v) is 13.7. The molecule has 1 rings (SSSR count). The van der Waals surface area contributed by atoms with Gasteiger partial charge in [-0.25, -0.2) is 0 Å². The van der Waals surface area contributed by atoms with E-state index in [0.717, 1.165) is 6.42 Å². The Balaban J connectivity index is 2.58. The summed E-state index contributed by atoms with van der Waals surface area (Å²) in [5.41, 5.74) is 0.372. The summed E-state index contributed by atoms with van der Waals surface area (Å²) in [6.07, 6.45) is 1.33. The number of ether oxygens (including phenoxy) is 1. The molecular formula is C18H28O2. The molecule has 0 aliphatic carbocycles. The van der Waals surface area contributed by atoms with Crippen LogP contribution in [-0.4, -0.2) is 5.97 Å². The topological polar surface area (TPSA) is 26.3 Å². The fourth-order valence-corrected chi connectivity index (χ4v) is 3.10. The third kappa shape index (κ3) is 5.36. The Morgan fingerprint density at radius 3 is 1.95 bits per heavy atom. The molecule has 0 aliphatic rings. The number of para-hydroxylation sites is 1. The third-order valence-corrected chi connectivity index (χ3v) is 3.70. The van der Waals surface area contributed by atoms with Crippen LogP contribution in [0, 0.1) is 16.7 Å². The maximum atomic E-state index is 11.9. The Labute approximate surface area is 123 Å². The summed E-state index contributed by atoms with van der Waals surface area (Å²) in [6.45, 7) is 13.4. The first-order valence-corrected chi connectivity index (χ1v) is 7.36. The molecule has 0 spiro atoms. The lowest BCUT2D eigenvalue weighted by Crippen LogP contribution is -2.33. The Morgan fingerprint density at radius 2 is 1.50 bits per heavy atom. The lowest BCUT2D eigenvalue weighted by molar-refractivity contribution is -0.135. The lowest BCUT2D eigenvalue weighted by Gasteiger charge is -2.40. The molecule has 0 aromatic heterocycles. The van der Waals surface area contributed by atoms with Crippen LogP contribution in [0.15, 0.2) is 30.3 Å². The quantitative estimate of drug-likeness (QED) is 0.566. The fraction of sp³-hybridized carbons (Fsp3) is 0.611. The second kappa shape index (κ2) is 6.43. The van der Waals surface area contributed by atoms with Gasteiger partial charge in [-0.3, -0.25) is 4.79 Å². The van der Waals surface area contributed by atoms with E-state index in [2.05, 4.69) is 41.5 Å². The average Bonchev–Trinajstić information content (AvgIpc) is 2.26. The Kier molecular flexibility index (Phi) is 5.38. The fourth-order valence-electron chi connectivity index (χ4n) is 3.10. The SMILES string of the molecule is CC(C)(C)C(CCC(=O)Oc1ccccc1)C(C)(C)C. The molecule has 0 heterocycles. The first-order chi connectivity index (χ1) is 9.10. The Morgan fingerprint density at radius 1 is 1.00 bits per heavy atom. The van der Waals surface area contributed by atoms with Crippen molar-refractivity contribution in [3.8, 4) is 5.75 Å². The van der Waals surface area contributed by atoms with Gasteiger partial charge in [-0.2, -0.15) is 0 Å². The van der Waals surface area contributed by atoms with Crippen LogP contribution in [0.25, 0.3) is 0 Å². The molecule has 0 atom stereocenters. The number of rotatable bonds is 4. The van der Waals surface area contributed by atoms with Crippen LogP contribution in [0.4, 0.5) is 0 Å². The first-order valence-electron chi connectivity index (χ1n) is 7.36. The van der Waals surface area contributed by atoms with Crippen LogP contribution in [0.2, 0.25) is 0 Å². The van der Waals surface area contributed by atoms with Crippen LogP contribution >= 0.6 is 0 Å². The van der Waals surface area contributed by atoms with Crippen LogP contribution in [0.5, 0.6) is 5.75 Å². The van der Waals surface area contributed by atoms with Crippen LogP contribution in [0.3, 0.4) is 0 Å². The van der Waals surface area contributed by atoms with Gasteiger partial charge in [0.2, 0.25) is 0 Å². The van der Waals surface area contributed by atoms with Gasteiger partial charge in [0.05, 0.1) is 0 Å². The molecule has 1 aromatic rings. The highest BCUT2D eigenvalue weighted by molar-refractivity contribution is 5.72. The predicted octanol–water partition coefficient (Wildman–Crippen LogP) is 5.08. The van der Waals surface area contributed by atoms with Gasteiger partial charge < -0.3 is 4.74 Å². The van der Waals surface area contributed by atoms with Gasteiger partial charge in [-0.15, -0.1) is 0 Å². The summed E-state index contributed by atoms with van der Waals surface area (Å²) in [5, 5.41) is 0. The molecule has 0 amide bonds. The van der Waals surface area contributed by atoms with Crippen molar-refractivity contribution >= 4 is 5.97 Å². The average molecular weight is 276 g/mol. The van der Waals surface area contributed by atoms with E-state index in [9.17, 15) is 4.79 Å². The zero-order chi connectivity index (χ0) is 15.4. The van der Waals surface area contributed by atoms with E-state index in [0.29, 0.717) is 18.1 Å². The molecule has 112 valence electrons. The van der Waals surface area contributed by atoms with E-state index in [1.54, 1.807) is 0 Å². The third-order valence-electron chi connectivity index (χ3n) is 3.70. The van der Waals surface area contributed by atoms with E-state index < -0.39 is 0 Å². The highest BCUT2D eigenvalue weighted by Crippen LogP contribution is 2.42. The van der Waals surface area contributed by atoms with Crippen LogP contribution < -0.4 is 4.74 Å². The smallest absolute Gasteiger partial charge is 0.311 e. The number of hydrogen-bond donors (Lipinski definition) is 0. The van der Waals surface area contributed by atoms with Gasteiger partial charge in [-0.1, -0.05) is 59.7 Å². The molecule has 0 aliphatic heterocycles. The number of hydrogen-bond acceptors (Lipinski definition) is 2. The molecule has 20 heavy (non-hydrogen) atoms. The van der Waals surface area contributed by atoms with E-state index in [-0.39, 0.29) is 16.8 Å². The van der Waals surface area contributed by atoms with E-state index in [1.165, 1.54) is 0 Å². The normalized spacial score (nSPS) is 12.6. The predicted molar refractivity (Wildman–Crippen MR) is 83.7 cm³/mol. The lowest BCUT2D eigenvalue weighted by atomic mass is 9.65. The van der Waals surface area contributed by atoms with Crippen molar-refractivity contribution in [1.29, 1.82) is 0 Å². The zero-order valence-electron chi connectivity index (χ0n) is 13.7. The van der Waals surface area contributed by atoms with Crippen molar-refractivity contribution in [3.63, 3.8) is 0 Å². The molecule has 2 nitrogen and oxygen atoms in total. The van der Waals surface area contributed by atoms with E-state index >= 15 is 0 Å². The summed E-state index contributed by atoms with van der Waals surface area (Å²) in [6, 6.07) is 9.27. The van der Waals surface area contributed by atoms with Crippen molar-refractivity contribution in [2.75, 3.05) is 0 Å². The Hall–Kier alpha value is -1.31. The van der Waals surface area contributed by atoms with Gasteiger partial charge >= 0.3 is 5.97 Å². The van der Waals surface area contributed by atoms with E-state index in [1.807, 2.05) is 30.3 Å². The number of esters is 1. The van der Waals surface area contributed by atoms with Gasteiger partial charge in [0.1, 0.15) is 5.75 Å². The second-order valence-electron chi connectivity index (χ2n) is 7.61. The summed E-state index contributed by atoms with van der Waals surface area (Å²) in [5.74, 6) is 0.952. The molecule has 0 bridgehead atoms. The van der Waals surface area contributed by atoms with Crippen molar-refractivity contribution in [2.24, 2.45) is 16.7 Å². The van der Waals surface area contributed by atoms with Gasteiger partial charge in [0, 0.05) is 6.42 Å². The highest BCUT2D eigenvalue weighted by atomic mass is 16.5. The Bertz CT molecular complexity index is 407. The number of carbonyl (C=O) groups is 1. The monoisotopic (exact) mass is 276 g/mol. The highest BCUT2D eigenvalue weighted by Gasteiger charge is 2.34. The van der Waals surface area contributed by atoms with Crippen LogP contribution in [-0.2, 0) is 4.79 Å². The molecular weight excluding hydrogens is 248 g/mol. The van der Waals surface area contributed by atoms with Crippen molar-refractivity contribution < 1.29 is 9.53 Å². The minimum absolute atomic E-state index is 0.144. The molecule has 0 N–H and O–H groups in total. The van der Waals surface area contributed by atoms with Crippen molar-refractivity contribution in [1.82, 2.24) is 0 Å². The maximum absolute atomic E-state index is 11.9. The van der Waals surface area contributed by atoms with E-state index in [4.69, 9.17) is 4.74 Å². The maximum Gasteiger partial charge on any atom is 0.311 e. The van der Waals surface area contributed by atoms with Gasteiger partial charge in [0.15, 0.2) is 0 Å². The standard InChI is InChI=1S/C18H28O2/c1-17(2,3)15(18(4,5)6)12-13-16(19)20-14-10-8-7-9-11-14/h7-11,15H,12-13H2,1-6H3. The molecule has 0 radical (unpaired) electrons. The largest absolute Gasteiger partial charge is 0.427 e. The molecule has 0 fully saturated rings. The second-order valence-corrected chi connectivity index (χ2v) is 7.61. The van der Waals surface area contributed by atoms with Gasteiger partial charge in [-0.05, 0) is 35.3 Å². The molecule has 1 aromatic carbocycles. The van der Waals surface area contributed by atoms with Crippen molar-refractivity contribution in [2.45, 2.75) is 54.4 Å². The number of carbonyl (C=O) groups excluding carboxylic acids is 1. The summed E-state index contributed by atoms with van der Waals surface area (Å²) in [4.78, 5) is 11.9. The van der Waals surface area contributed by atoms with Crippen molar-refractivity contribution in [3.05, 3.63) is 30.3 Å². The summed E-state index contributed by atoms with van der Waals surface area (Å²) >= 11 is 0. The van der Waals surface area contributed by atoms with Crippen LogP contribution in [0.1, 0.15) is 54.4 Å². The molecule has 0 saturated heterocycles. The minimum atomic E-state index is -0.144.